The van der Waals surface area contributed by atoms with Gasteiger partial charge in [-0.05, 0) is 30.5 Å². The Balaban J connectivity index is 1.58. The zero-order chi connectivity index (χ0) is 24.3. The molecule has 1 unspecified atom stereocenters. The van der Waals surface area contributed by atoms with Gasteiger partial charge in [0.05, 0.1) is 28.4 Å². The van der Waals surface area contributed by atoms with Crippen LogP contribution in [0.4, 0.5) is 10.1 Å². The van der Waals surface area contributed by atoms with E-state index in [9.17, 15) is 22.9 Å². The summed E-state index contributed by atoms with van der Waals surface area (Å²) in [5.74, 6) is -0.668. The molecule has 2 fully saturated rings. The van der Waals surface area contributed by atoms with Gasteiger partial charge in [0.1, 0.15) is 5.82 Å². The van der Waals surface area contributed by atoms with Crippen LogP contribution < -0.4 is 0 Å². The van der Waals surface area contributed by atoms with Crippen molar-refractivity contribution < 1.29 is 22.5 Å². The molecule has 0 aromatic heterocycles. The van der Waals surface area contributed by atoms with Crippen molar-refractivity contribution in [1.82, 2.24) is 9.21 Å². The molecule has 0 radical (unpaired) electrons. The van der Waals surface area contributed by atoms with Gasteiger partial charge in [-0.1, -0.05) is 42.5 Å². The van der Waals surface area contributed by atoms with Crippen molar-refractivity contribution in [1.29, 1.82) is 0 Å². The predicted molar refractivity (Wildman–Crippen MR) is 127 cm³/mol. The molecule has 2 aliphatic rings. The average Bonchev–Trinajstić information content (AvgIpc) is 2.78. The van der Waals surface area contributed by atoms with Crippen molar-refractivity contribution in [3.63, 3.8) is 0 Å². The van der Waals surface area contributed by atoms with Crippen molar-refractivity contribution >= 4 is 21.8 Å². The van der Waals surface area contributed by atoms with Gasteiger partial charge in [-0.15, -0.1) is 0 Å². The van der Waals surface area contributed by atoms with Crippen LogP contribution in [0.25, 0.3) is 6.08 Å². The number of hydrogen-bond acceptors (Lipinski definition) is 6. The van der Waals surface area contributed by atoms with E-state index in [1.54, 1.807) is 6.08 Å². The first-order valence-electron chi connectivity index (χ1n) is 11.2. The number of rotatable bonds is 6. The number of nitrogens with zero attached hydrogens (tertiary/aromatic N) is 3. The van der Waals surface area contributed by atoms with Crippen LogP contribution in [0.3, 0.4) is 0 Å². The summed E-state index contributed by atoms with van der Waals surface area (Å²) in [6, 6.07) is 13.8. The highest BCUT2D eigenvalue weighted by Gasteiger charge is 2.43. The molecule has 4 rings (SSSR count). The van der Waals surface area contributed by atoms with Crippen molar-refractivity contribution in [2.75, 3.05) is 32.4 Å². The topological polar surface area (TPSA) is 93.0 Å². The third-order valence-electron chi connectivity index (χ3n) is 6.41. The van der Waals surface area contributed by atoms with Crippen molar-refractivity contribution in [3.8, 4) is 0 Å². The Bertz CT molecular complexity index is 1160. The Morgan fingerprint density at radius 2 is 1.88 bits per heavy atom. The molecule has 0 bridgehead atoms. The SMILES string of the molecule is CS(=O)(=O)N1CCC2(CC1)CN(Cc1ccccc1)CC(/C=C/c1c(F)cccc1[N+](=O)[O-])O2. The van der Waals surface area contributed by atoms with Gasteiger partial charge in [0.2, 0.25) is 10.0 Å². The maximum atomic E-state index is 14.4. The van der Waals surface area contributed by atoms with Gasteiger partial charge in [0.25, 0.3) is 5.69 Å². The quantitative estimate of drug-likeness (QED) is 0.456. The third kappa shape index (κ3) is 5.69. The molecule has 10 heteroatoms. The number of nitro groups is 1. The molecular formula is C24H28FN3O5S. The highest BCUT2D eigenvalue weighted by Crippen LogP contribution is 2.34. The number of benzene rings is 2. The Labute approximate surface area is 198 Å². The summed E-state index contributed by atoms with van der Waals surface area (Å²) in [4.78, 5) is 13.0. The highest BCUT2D eigenvalue weighted by molar-refractivity contribution is 7.88. The van der Waals surface area contributed by atoms with Crippen LogP contribution in [0.1, 0.15) is 24.0 Å². The fraction of sp³-hybridized carbons (Fsp3) is 0.417. The smallest absolute Gasteiger partial charge is 0.279 e. The molecule has 1 atom stereocenters. The average molecular weight is 490 g/mol. The zero-order valence-corrected chi connectivity index (χ0v) is 19.8. The van der Waals surface area contributed by atoms with Crippen LogP contribution in [0.5, 0.6) is 0 Å². The predicted octanol–water partition coefficient (Wildman–Crippen LogP) is 3.44. The largest absolute Gasteiger partial charge is 0.365 e. The number of ether oxygens (including phenoxy) is 1. The summed E-state index contributed by atoms with van der Waals surface area (Å²) >= 11 is 0. The van der Waals surface area contributed by atoms with Gasteiger partial charge in [0.15, 0.2) is 0 Å². The molecule has 2 aliphatic heterocycles. The normalized spacial score (nSPS) is 21.8. The van der Waals surface area contributed by atoms with E-state index in [1.807, 2.05) is 30.3 Å². The summed E-state index contributed by atoms with van der Waals surface area (Å²) < 4.78 is 46.2. The molecule has 8 nitrogen and oxygen atoms in total. The number of nitro benzene ring substituents is 1. The molecule has 34 heavy (non-hydrogen) atoms. The first-order chi connectivity index (χ1) is 16.2. The molecule has 2 aromatic rings. The summed E-state index contributed by atoms with van der Waals surface area (Å²) in [5.41, 5.74) is 0.201. The van der Waals surface area contributed by atoms with Gasteiger partial charge in [-0.25, -0.2) is 17.1 Å². The maximum Gasteiger partial charge on any atom is 0.279 e. The summed E-state index contributed by atoms with van der Waals surface area (Å²) in [6.45, 7) is 2.60. The van der Waals surface area contributed by atoms with E-state index < -0.39 is 32.5 Å². The van der Waals surface area contributed by atoms with Crippen LogP contribution in [-0.4, -0.2) is 66.7 Å². The molecule has 0 saturated carbocycles. The first kappa shape index (κ1) is 24.5. The molecule has 2 heterocycles. The van der Waals surface area contributed by atoms with Crippen LogP contribution in [0, 0.1) is 15.9 Å². The second kappa shape index (κ2) is 9.91. The van der Waals surface area contributed by atoms with Gasteiger partial charge in [-0.2, -0.15) is 0 Å². The second-order valence-corrected chi connectivity index (χ2v) is 10.9. The Morgan fingerprint density at radius 3 is 2.53 bits per heavy atom. The lowest BCUT2D eigenvalue weighted by molar-refractivity contribution is -0.385. The molecule has 0 aliphatic carbocycles. The van der Waals surface area contributed by atoms with Crippen LogP contribution in [0.2, 0.25) is 0 Å². The van der Waals surface area contributed by atoms with E-state index in [0.717, 1.165) is 5.56 Å². The van der Waals surface area contributed by atoms with E-state index in [-0.39, 0.29) is 11.3 Å². The number of morpholine rings is 1. The number of sulfonamides is 1. The molecule has 0 N–H and O–H groups in total. The number of halogens is 1. The van der Waals surface area contributed by atoms with Gasteiger partial charge in [0, 0.05) is 38.8 Å². The monoisotopic (exact) mass is 489 g/mol. The fourth-order valence-corrected chi connectivity index (χ4v) is 5.58. The van der Waals surface area contributed by atoms with Crippen LogP contribution in [0.15, 0.2) is 54.6 Å². The minimum atomic E-state index is -3.28. The number of piperidine rings is 1. The maximum absolute atomic E-state index is 14.4. The summed E-state index contributed by atoms with van der Waals surface area (Å²) in [7, 11) is -3.28. The first-order valence-corrected chi connectivity index (χ1v) is 13.0. The van der Waals surface area contributed by atoms with E-state index in [2.05, 4.69) is 4.90 Å². The van der Waals surface area contributed by atoms with E-state index >= 15 is 0 Å². The van der Waals surface area contributed by atoms with Gasteiger partial charge in [-0.3, -0.25) is 15.0 Å². The minimum Gasteiger partial charge on any atom is -0.365 e. The third-order valence-corrected chi connectivity index (χ3v) is 7.71. The molecule has 2 aromatic carbocycles. The zero-order valence-electron chi connectivity index (χ0n) is 19.0. The molecular weight excluding hydrogens is 461 g/mol. The van der Waals surface area contributed by atoms with Gasteiger partial charge >= 0.3 is 0 Å². The second-order valence-electron chi connectivity index (χ2n) is 8.95. The Morgan fingerprint density at radius 1 is 1.18 bits per heavy atom. The lowest BCUT2D eigenvalue weighted by atomic mass is 9.89. The molecule has 182 valence electrons. The summed E-state index contributed by atoms with van der Waals surface area (Å²) in [5, 5.41) is 11.3. The van der Waals surface area contributed by atoms with Crippen molar-refractivity contribution in [2.45, 2.75) is 31.1 Å². The van der Waals surface area contributed by atoms with Crippen molar-refractivity contribution in [3.05, 3.63) is 81.7 Å². The van der Waals surface area contributed by atoms with Crippen LogP contribution >= 0.6 is 0 Å². The number of hydrogen-bond donors (Lipinski definition) is 0. The highest BCUT2D eigenvalue weighted by atomic mass is 32.2. The molecule has 2 saturated heterocycles. The lowest BCUT2D eigenvalue weighted by Crippen LogP contribution is -2.59. The minimum absolute atomic E-state index is 0.0859. The Kier molecular flexibility index (Phi) is 7.13. The van der Waals surface area contributed by atoms with Crippen molar-refractivity contribution in [2.24, 2.45) is 0 Å². The van der Waals surface area contributed by atoms with E-state index in [0.29, 0.717) is 45.6 Å². The van der Waals surface area contributed by atoms with E-state index in [4.69, 9.17) is 4.74 Å². The van der Waals surface area contributed by atoms with E-state index in [1.165, 1.54) is 34.8 Å². The summed E-state index contributed by atoms with van der Waals surface area (Å²) in [6.07, 6.45) is 4.95. The fourth-order valence-electron chi connectivity index (χ4n) is 4.74. The van der Waals surface area contributed by atoms with Gasteiger partial charge < -0.3 is 4.74 Å². The molecule has 0 amide bonds. The van der Waals surface area contributed by atoms with Crippen LogP contribution in [-0.2, 0) is 21.3 Å². The Hall–Kier alpha value is -2.66. The molecule has 1 spiro atoms. The lowest BCUT2D eigenvalue weighted by Gasteiger charge is -2.49. The standard InChI is InChI=1S/C24H28FN3O5S/c1-34(31,32)27-14-12-24(13-15-27)18-26(16-19-6-3-2-4-7-19)17-20(33-24)10-11-21-22(25)8-5-9-23(21)28(29)30/h2-11,20H,12-18H2,1H3/b11-10+.